The van der Waals surface area contributed by atoms with Gasteiger partial charge in [-0.25, -0.2) is 5.10 Å². The Labute approximate surface area is 131 Å². The quantitative estimate of drug-likeness (QED) is 0.597. The van der Waals surface area contributed by atoms with Crippen LogP contribution in [0.5, 0.6) is 0 Å². The molecule has 0 aliphatic carbocycles. The van der Waals surface area contributed by atoms with Crippen LogP contribution in [0.2, 0.25) is 10.0 Å². The minimum Gasteiger partial charge on any atom is -0.399 e. The minimum atomic E-state index is 0.576. The number of hydrogen-bond donors (Lipinski definition) is 3. The number of rotatable bonds is 1. The van der Waals surface area contributed by atoms with Crippen LogP contribution >= 0.6 is 23.2 Å². The first-order valence-corrected chi connectivity index (χ1v) is 6.61. The molecule has 0 aliphatic rings. The second kappa shape index (κ2) is 6.92. The molecule has 0 saturated heterocycles. The van der Waals surface area contributed by atoms with Gasteiger partial charge in [0.15, 0.2) is 0 Å². The Balaban J connectivity index is 0.000000272. The molecule has 0 radical (unpaired) electrons. The molecule has 0 fully saturated rings. The highest BCUT2D eigenvalue weighted by atomic mass is 35.5. The molecule has 0 atom stereocenters. The van der Waals surface area contributed by atoms with Crippen molar-refractivity contribution in [1.82, 2.24) is 20.6 Å². The molecule has 0 spiro atoms. The molecule has 108 valence electrons. The van der Waals surface area contributed by atoms with Gasteiger partial charge >= 0.3 is 0 Å². The van der Waals surface area contributed by atoms with Crippen LogP contribution in [0.25, 0.3) is 11.1 Å². The van der Waals surface area contributed by atoms with Gasteiger partial charge in [-0.2, -0.15) is 0 Å². The molecule has 0 saturated carbocycles. The molecule has 8 heteroatoms. The van der Waals surface area contributed by atoms with Gasteiger partial charge in [-0.1, -0.05) is 35.3 Å². The van der Waals surface area contributed by atoms with Gasteiger partial charge in [-0.3, -0.25) is 0 Å². The number of H-pyrrole nitrogens is 1. The van der Waals surface area contributed by atoms with Gasteiger partial charge in [0, 0.05) is 22.5 Å². The molecule has 6 nitrogen and oxygen atoms in total. The molecular formula is C13H12Cl2N6. The van der Waals surface area contributed by atoms with Crippen molar-refractivity contribution < 1.29 is 0 Å². The van der Waals surface area contributed by atoms with E-state index in [-0.39, 0.29) is 0 Å². The number of halogens is 2. The topological polar surface area (TPSA) is 106 Å². The molecule has 0 unspecified atom stereocenters. The lowest BCUT2D eigenvalue weighted by Gasteiger charge is -2.08. The first kappa shape index (κ1) is 15.1. The standard InChI is InChI=1S/C12H10Cl2N2.CH2N4/c13-11-5-7(15)1-3-9(11)10-4-2-8(16)6-12(10)14;1-2-4-5-3-1/h1-6H,15-16H2;1H,(H,2,3,4,5). The third-order valence-corrected chi connectivity index (χ3v) is 3.17. The number of nitrogens with two attached hydrogens (primary N) is 2. The Morgan fingerprint density at radius 1 is 0.857 bits per heavy atom. The number of aromatic nitrogens is 4. The molecule has 1 heterocycles. The third kappa shape index (κ3) is 4.08. The predicted octanol–water partition coefficient (Wildman–Crippen LogP) is 3.02. The normalized spacial score (nSPS) is 9.81. The van der Waals surface area contributed by atoms with E-state index in [1.807, 2.05) is 12.1 Å². The molecule has 3 rings (SSSR count). The van der Waals surface area contributed by atoms with E-state index in [4.69, 9.17) is 34.7 Å². The van der Waals surface area contributed by atoms with Crippen LogP contribution in [0, 0.1) is 0 Å². The van der Waals surface area contributed by atoms with Crippen LogP contribution in [0.15, 0.2) is 42.7 Å². The summed E-state index contributed by atoms with van der Waals surface area (Å²) in [6, 6.07) is 10.7. The average Bonchev–Trinajstić information content (AvgIpc) is 2.99. The number of hydrogen-bond acceptors (Lipinski definition) is 5. The van der Waals surface area contributed by atoms with Gasteiger partial charge in [-0.05, 0) is 34.7 Å². The van der Waals surface area contributed by atoms with Crippen LogP contribution in [-0.2, 0) is 0 Å². The molecule has 1 aromatic heterocycles. The minimum absolute atomic E-state index is 0.576. The summed E-state index contributed by atoms with van der Waals surface area (Å²) < 4.78 is 0. The fourth-order valence-corrected chi connectivity index (χ4v) is 2.21. The van der Waals surface area contributed by atoms with Crippen molar-refractivity contribution >= 4 is 34.6 Å². The summed E-state index contributed by atoms with van der Waals surface area (Å²) in [6.45, 7) is 0. The molecule has 5 N–H and O–H groups in total. The summed E-state index contributed by atoms with van der Waals surface area (Å²) in [5, 5.41) is 13.2. The van der Waals surface area contributed by atoms with E-state index in [1.165, 1.54) is 6.33 Å². The van der Waals surface area contributed by atoms with Gasteiger partial charge in [0.2, 0.25) is 0 Å². The van der Waals surface area contributed by atoms with Crippen LogP contribution in [0.4, 0.5) is 11.4 Å². The van der Waals surface area contributed by atoms with E-state index >= 15 is 0 Å². The Hall–Kier alpha value is -2.31. The number of nitrogen functional groups attached to an aromatic ring is 2. The van der Waals surface area contributed by atoms with Crippen LogP contribution in [0.1, 0.15) is 0 Å². The van der Waals surface area contributed by atoms with Crippen LogP contribution in [0.3, 0.4) is 0 Å². The third-order valence-electron chi connectivity index (χ3n) is 2.55. The summed E-state index contributed by atoms with van der Waals surface area (Å²) in [4.78, 5) is 0. The lowest BCUT2D eigenvalue weighted by atomic mass is 10.0. The Kier molecular flexibility index (Phi) is 4.97. The summed E-state index contributed by atoms with van der Waals surface area (Å²) in [5.41, 5.74) is 14.2. The largest absolute Gasteiger partial charge is 0.399 e. The number of aromatic amines is 1. The number of anilines is 2. The van der Waals surface area contributed by atoms with Crippen molar-refractivity contribution in [3.05, 3.63) is 52.8 Å². The lowest BCUT2D eigenvalue weighted by Crippen LogP contribution is -1.88. The Morgan fingerprint density at radius 3 is 1.67 bits per heavy atom. The Morgan fingerprint density at radius 2 is 1.38 bits per heavy atom. The van der Waals surface area contributed by atoms with E-state index in [2.05, 4.69) is 20.6 Å². The summed E-state index contributed by atoms with van der Waals surface area (Å²) >= 11 is 12.2. The Bertz CT molecular complexity index is 648. The molecular weight excluding hydrogens is 311 g/mol. The van der Waals surface area contributed by atoms with Gasteiger partial charge in [0.25, 0.3) is 0 Å². The van der Waals surface area contributed by atoms with Crippen molar-refractivity contribution in [3.8, 4) is 11.1 Å². The van der Waals surface area contributed by atoms with Gasteiger partial charge in [0.1, 0.15) is 6.33 Å². The average molecular weight is 323 g/mol. The highest BCUT2D eigenvalue weighted by Gasteiger charge is 2.07. The van der Waals surface area contributed by atoms with Gasteiger partial charge in [0.05, 0.1) is 10.0 Å². The van der Waals surface area contributed by atoms with Crippen molar-refractivity contribution in [3.63, 3.8) is 0 Å². The summed E-state index contributed by atoms with van der Waals surface area (Å²) in [7, 11) is 0. The molecule has 0 bridgehead atoms. The van der Waals surface area contributed by atoms with E-state index in [9.17, 15) is 0 Å². The number of nitrogens with one attached hydrogen (secondary N) is 1. The molecule has 21 heavy (non-hydrogen) atoms. The van der Waals surface area contributed by atoms with E-state index in [0.29, 0.717) is 21.4 Å². The van der Waals surface area contributed by atoms with Gasteiger partial charge in [-0.15, -0.1) is 5.10 Å². The first-order valence-electron chi connectivity index (χ1n) is 5.85. The highest BCUT2D eigenvalue weighted by Crippen LogP contribution is 2.35. The molecule has 2 aromatic carbocycles. The maximum atomic E-state index is 6.11. The van der Waals surface area contributed by atoms with Crippen molar-refractivity contribution in [1.29, 1.82) is 0 Å². The first-order chi connectivity index (χ1) is 10.1. The molecule has 3 aromatic rings. The highest BCUT2D eigenvalue weighted by molar-refractivity contribution is 6.36. The fraction of sp³-hybridized carbons (Fsp3) is 0. The maximum absolute atomic E-state index is 6.11. The smallest absolute Gasteiger partial charge is 0.135 e. The number of tetrazole rings is 1. The SMILES string of the molecule is Nc1ccc(-c2ccc(N)cc2Cl)c(Cl)c1.c1nnn[nH]1. The van der Waals surface area contributed by atoms with Crippen LogP contribution in [-0.4, -0.2) is 20.6 Å². The second-order valence-electron chi connectivity index (χ2n) is 4.04. The van der Waals surface area contributed by atoms with Crippen molar-refractivity contribution in [2.24, 2.45) is 0 Å². The zero-order chi connectivity index (χ0) is 15.2. The summed E-state index contributed by atoms with van der Waals surface area (Å²) in [5.74, 6) is 0. The molecule has 0 amide bonds. The molecule has 0 aliphatic heterocycles. The van der Waals surface area contributed by atoms with E-state index in [1.54, 1.807) is 24.3 Å². The second-order valence-corrected chi connectivity index (χ2v) is 4.86. The van der Waals surface area contributed by atoms with Crippen molar-refractivity contribution in [2.45, 2.75) is 0 Å². The van der Waals surface area contributed by atoms with Gasteiger partial charge < -0.3 is 11.5 Å². The zero-order valence-corrected chi connectivity index (χ0v) is 12.3. The van der Waals surface area contributed by atoms with E-state index < -0.39 is 0 Å². The van der Waals surface area contributed by atoms with E-state index in [0.717, 1.165) is 11.1 Å². The number of nitrogens with zero attached hydrogens (tertiary/aromatic N) is 3. The summed E-state index contributed by atoms with van der Waals surface area (Å²) in [6.07, 6.45) is 1.40. The van der Waals surface area contributed by atoms with Crippen LogP contribution < -0.4 is 11.5 Å². The zero-order valence-electron chi connectivity index (χ0n) is 10.8. The number of benzene rings is 2. The van der Waals surface area contributed by atoms with Crippen molar-refractivity contribution in [2.75, 3.05) is 11.5 Å². The predicted molar refractivity (Wildman–Crippen MR) is 84.9 cm³/mol. The fourth-order valence-electron chi connectivity index (χ4n) is 1.63. The lowest BCUT2D eigenvalue weighted by molar-refractivity contribution is 0.881. The maximum Gasteiger partial charge on any atom is 0.135 e. The monoisotopic (exact) mass is 322 g/mol.